The van der Waals surface area contributed by atoms with E-state index in [1.54, 1.807) is 0 Å². The molecule has 0 rings (SSSR count). The lowest BCUT2D eigenvalue weighted by Gasteiger charge is -2.20. The van der Waals surface area contributed by atoms with E-state index >= 15 is 0 Å². The summed E-state index contributed by atoms with van der Waals surface area (Å²) in [6.07, 6.45) is 6.99. The van der Waals surface area contributed by atoms with E-state index in [2.05, 4.69) is 20.1 Å². The smallest absolute Gasteiger partial charge is 0.330 e. The van der Waals surface area contributed by atoms with Crippen molar-refractivity contribution in [3.63, 3.8) is 0 Å². The Morgan fingerprint density at radius 2 is 1.45 bits per heavy atom. The van der Waals surface area contributed by atoms with Crippen LogP contribution in [0.2, 0.25) is 0 Å². The molecular weight excluding hydrogens is 256 g/mol. The van der Waals surface area contributed by atoms with Gasteiger partial charge in [-0.05, 0) is 25.7 Å². The zero-order valence-electron chi connectivity index (χ0n) is 12.6. The van der Waals surface area contributed by atoms with Crippen molar-refractivity contribution >= 4 is 11.9 Å². The van der Waals surface area contributed by atoms with Gasteiger partial charge in [-0.15, -0.1) is 0 Å². The highest BCUT2D eigenvalue weighted by atomic mass is 16.5. The lowest BCUT2D eigenvalue weighted by Crippen LogP contribution is -2.22. The zero-order valence-corrected chi connectivity index (χ0v) is 12.6. The van der Waals surface area contributed by atoms with Gasteiger partial charge in [0.25, 0.3) is 0 Å². The van der Waals surface area contributed by atoms with Crippen molar-refractivity contribution in [3.8, 4) is 0 Å². The van der Waals surface area contributed by atoms with Crippen molar-refractivity contribution in [1.29, 1.82) is 0 Å². The molecule has 0 spiro atoms. The van der Waals surface area contributed by atoms with Gasteiger partial charge in [-0.3, -0.25) is 0 Å². The first-order valence-electron chi connectivity index (χ1n) is 7.23. The first kappa shape index (κ1) is 18.4. The molecule has 2 atom stereocenters. The molecule has 0 aromatic carbocycles. The Kier molecular flexibility index (Phi) is 10.4. The summed E-state index contributed by atoms with van der Waals surface area (Å²) in [4.78, 5) is 22.5. The fourth-order valence-corrected chi connectivity index (χ4v) is 1.84. The van der Waals surface area contributed by atoms with E-state index in [9.17, 15) is 9.59 Å². The van der Waals surface area contributed by atoms with Crippen LogP contribution in [0, 0.1) is 0 Å². The number of esters is 2. The van der Waals surface area contributed by atoms with Crippen LogP contribution in [-0.2, 0) is 19.1 Å². The Morgan fingerprint density at radius 1 is 0.950 bits per heavy atom. The van der Waals surface area contributed by atoms with Gasteiger partial charge >= 0.3 is 11.9 Å². The molecule has 0 aliphatic heterocycles. The van der Waals surface area contributed by atoms with Gasteiger partial charge in [-0.25, -0.2) is 9.59 Å². The van der Waals surface area contributed by atoms with Gasteiger partial charge in [-0.1, -0.05) is 39.8 Å². The van der Waals surface area contributed by atoms with Gasteiger partial charge in [0.1, 0.15) is 12.2 Å². The topological polar surface area (TPSA) is 52.6 Å². The zero-order chi connectivity index (χ0) is 15.4. The van der Waals surface area contributed by atoms with Gasteiger partial charge in [0.15, 0.2) is 0 Å². The lowest BCUT2D eigenvalue weighted by molar-refractivity contribution is -0.147. The summed E-state index contributed by atoms with van der Waals surface area (Å²) in [6.45, 7) is 10.8. The van der Waals surface area contributed by atoms with Crippen LogP contribution < -0.4 is 0 Å². The van der Waals surface area contributed by atoms with Crippen LogP contribution in [0.4, 0.5) is 0 Å². The van der Waals surface area contributed by atoms with Crippen LogP contribution in [0.3, 0.4) is 0 Å². The van der Waals surface area contributed by atoms with E-state index in [4.69, 9.17) is 9.47 Å². The minimum Gasteiger partial charge on any atom is -0.459 e. The molecule has 0 aliphatic carbocycles. The van der Waals surface area contributed by atoms with Crippen LogP contribution in [-0.4, -0.2) is 24.1 Å². The standard InChI is InChI=1S/C16H26O4/c1-5-9-10-14(20-16(18)8-4)12-11-13(6-2)19-15(17)7-3/h7-8,13-14H,3-6,9-12H2,1-2H3. The first-order chi connectivity index (χ1) is 9.57. The molecule has 114 valence electrons. The van der Waals surface area contributed by atoms with Crippen LogP contribution in [0.25, 0.3) is 0 Å². The molecule has 0 aromatic rings. The molecule has 0 fully saturated rings. The minimum atomic E-state index is -0.412. The van der Waals surface area contributed by atoms with E-state index in [0.29, 0.717) is 12.8 Å². The molecule has 0 saturated heterocycles. The molecule has 0 heterocycles. The third kappa shape index (κ3) is 8.51. The molecule has 4 heteroatoms. The summed E-state index contributed by atoms with van der Waals surface area (Å²) in [7, 11) is 0. The Morgan fingerprint density at radius 3 is 1.90 bits per heavy atom. The van der Waals surface area contributed by atoms with Crippen molar-refractivity contribution in [2.75, 3.05) is 0 Å². The predicted octanol–water partition coefficient (Wildman–Crippen LogP) is 3.56. The normalized spacial score (nSPS) is 13.1. The van der Waals surface area contributed by atoms with Crippen LogP contribution in [0.5, 0.6) is 0 Å². The highest BCUT2D eigenvalue weighted by Gasteiger charge is 2.17. The number of hydrogen-bond acceptors (Lipinski definition) is 4. The van der Waals surface area contributed by atoms with Gasteiger partial charge in [0.05, 0.1) is 0 Å². The Bertz CT molecular complexity index is 322. The maximum atomic E-state index is 11.3. The predicted molar refractivity (Wildman–Crippen MR) is 79.2 cm³/mol. The third-order valence-corrected chi connectivity index (χ3v) is 3.04. The molecule has 0 N–H and O–H groups in total. The van der Waals surface area contributed by atoms with Crippen LogP contribution in [0.15, 0.2) is 25.3 Å². The molecule has 0 amide bonds. The molecule has 0 bridgehead atoms. The molecule has 2 unspecified atom stereocenters. The summed E-state index contributed by atoms with van der Waals surface area (Å²) < 4.78 is 10.5. The number of carbonyl (C=O) groups excluding carboxylic acids is 2. The number of rotatable bonds is 11. The second-order valence-corrected chi connectivity index (χ2v) is 4.65. The lowest BCUT2D eigenvalue weighted by atomic mass is 10.0. The largest absolute Gasteiger partial charge is 0.459 e. The Balaban J connectivity index is 4.31. The van der Waals surface area contributed by atoms with Gasteiger partial charge in [0.2, 0.25) is 0 Å². The summed E-state index contributed by atoms with van der Waals surface area (Å²) in [5.74, 6) is -0.813. The van der Waals surface area contributed by atoms with Crippen molar-refractivity contribution in [1.82, 2.24) is 0 Å². The summed E-state index contributed by atoms with van der Waals surface area (Å²) in [5.41, 5.74) is 0. The molecule has 0 radical (unpaired) electrons. The molecule has 0 aromatic heterocycles. The second-order valence-electron chi connectivity index (χ2n) is 4.65. The van der Waals surface area contributed by atoms with Crippen molar-refractivity contribution in [3.05, 3.63) is 25.3 Å². The fourth-order valence-electron chi connectivity index (χ4n) is 1.84. The molecule has 20 heavy (non-hydrogen) atoms. The van der Waals surface area contributed by atoms with Crippen molar-refractivity contribution in [2.24, 2.45) is 0 Å². The quantitative estimate of drug-likeness (QED) is 0.429. The second kappa shape index (κ2) is 11.3. The Labute approximate surface area is 121 Å². The van der Waals surface area contributed by atoms with Crippen molar-refractivity contribution in [2.45, 2.75) is 64.6 Å². The number of hydrogen-bond donors (Lipinski definition) is 0. The summed E-state index contributed by atoms with van der Waals surface area (Å²) >= 11 is 0. The third-order valence-electron chi connectivity index (χ3n) is 3.04. The number of ether oxygens (including phenoxy) is 2. The van der Waals surface area contributed by atoms with Crippen LogP contribution in [0.1, 0.15) is 52.4 Å². The molecular formula is C16H26O4. The SMILES string of the molecule is C=CC(=O)OC(CC)CCC(CCCC)OC(=O)C=C. The van der Waals surface area contributed by atoms with E-state index in [1.165, 1.54) is 6.08 Å². The summed E-state index contributed by atoms with van der Waals surface area (Å²) in [6, 6.07) is 0. The van der Waals surface area contributed by atoms with E-state index in [0.717, 1.165) is 31.8 Å². The maximum Gasteiger partial charge on any atom is 0.330 e. The first-order valence-corrected chi connectivity index (χ1v) is 7.23. The van der Waals surface area contributed by atoms with E-state index < -0.39 is 11.9 Å². The monoisotopic (exact) mass is 282 g/mol. The molecule has 0 aliphatic rings. The summed E-state index contributed by atoms with van der Waals surface area (Å²) in [5, 5.41) is 0. The number of unbranched alkanes of at least 4 members (excludes halogenated alkanes) is 1. The van der Waals surface area contributed by atoms with Gasteiger partial charge < -0.3 is 9.47 Å². The maximum absolute atomic E-state index is 11.3. The van der Waals surface area contributed by atoms with Crippen molar-refractivity contribution < 1.29 is 19.1 Å². The highest BCUT2D eigenvalue weighted by molar-refractivity contribution is 5.81. The average Bonchev–Trinajstić information content (AvgIpc) is 2.47. The fraction of sp³-hybridized carbons (Fsp3) is 0.625. The van der Waals surface area contributed by atoms with Crippen LogP contribution >= 0.6 is 0 Å². The number of carbonyl (C=O) groups is 2. The average molecular weight is 282 g/mol. The molecule has 0 saturated carbocycles. The molecule has 4 nitrogen and oxygen atoms in total. The minimum absolute atomic E-state index is 0.142. The van der Waals surface area contributed by atoms with E-state index in [-0.39, 0.29) is 12.2 Å². The highest BCUT2D eigenvalue weighted by Crippen LogP contribution is 2.16. The van der Waals surface area contributed by atoms with Gasteiger partial charge in [-0.2, -0.15) is 0 Å². The van der Waals surface area contributed by atoms with E-state index in [1.807, 2.05) is 6.92 Å². The van der Waals surface area contributed by atoms with Gasteiger partial charge in [0, 0.05) is 12.2 Å². The Hall–Kier alpha value is -1.58.